The summed E-state index contributed by atoms with van der Waals surface area (Å²) in [6.45, 7) is 5.56. The lowest BCUT2D eigenvalue weighted by molar-refractivity contribution is -0.120. The summed E-state index contributed by atoms with van der Waals surface area (Å²) in [5, 5.41) is 2.93. The van der Waals surface area contributed by atoms with Gasteiger partial charge in [-0.05, 0) is 68.3 Å². The van der Waals surface area contributed by atoms with Crippen molar-refractivity contribution in [3.8, 4) is 5.75 Å². The standard InChI is InChI=1S/C25H28N2O4S/c1-18-10-15-24(19(2)16-18)20(3)26-25(28)17-27(21-8-6-5-7-9-21)32(29,30)23-13-11-22(31-4)12-14-23/h5-16,20H,17H2,1-4H3,(H,26,28)/t20-/m1/s1. The predicted molar refractivity (Wildman–Crippen MR) is 126 cm³/mol. The van der Waals surface area contributed by atoms with Crippen LogP contribution in [0.2, 0.25) is 0 Å². The molecule has 1 atom stereocenters. The van der Waals surface area contributed by atoms with E-state index in [0.717, 1.165) is 21.0 Å². The number of ether oxygens (including phenoxy) is 1. The quantitative estimate of drug-likeness (QED) is 0.550. The number of anilines is 1. The molecule has 0 unspecified atom stereocenters. The molecule has 3 aromatic carbocycles. The summed E-state index contributed by atoms with van der Waals surface area (Å²) >= 11 is 0. The number of carbonyl (C=O) groups is 1. The summed E-state index contributed by atoms with van der Waals surface area (Å²) in [7, 11) is -2.46. The second-order valence-electron chi connectivity index (χ2n) is 7.67. The minimum Gasteiger partial charge on any atom is -0.497 e. The summed E-state index contributed by atoms with van der Waals surface area (Å²) in [4.78, 5) is 13.0. The Morgan fingerprint density at radius 1 is 1.00 bits per heavy atom. The smallest absolute Gasteiger partial charge is 0.264 e. The van der Waals surface area contributed by atoms with Crippen LogP contribution in [-0.2, 0) is 14.8 Å². The van der Waals surface area contributed by atoms with Gasteiger partial charge in [-0.3, -0.25) is 9.10 Å². The Hall–Kier alpha value is -3.32. The minimum absolute atomic E-state index is 0.0809. The first-order valence-electron chi connectivity index (χ1n) is 10.3. The van der Waals surface area contributed by atoms with E-state index in [2.05, 4.69) is 11.4 Å². The zero-order valence-corrected chi connectivity index (χ0v) is 19.5. The average molecular weight is 453 g/mol. The van der Waals surface area contributed by atoms with Crippen LogP contribution < -0.4 is 14.4 Å². The molecule has 1 amide bonds. The van der Waals surface area contributed by atoms with Gasteiger partial charge in [-0.1, -0.05) is 42.0 Å². The largest absolute Gasteiger partial charge is 0.497 e. The lowest BCUT2D eigenvalue weighted by Gasteiger charge is -2.25. The first-order chi connectivity index (χ1) is 15.2. The molecular formula is C25H28N2O4S. The fourth-order valence-electron chi connectivity index (χ4n) is 3.59. The van der Waals surface area contributed by atoms with Gasteiger partial charge in [0.2, 0.25) is 5.91 Å². The molecule has 3 rings (SSSR count). The van der Waals surface area contributed by atoms with E-state index < -0.39 is 15.9 Å². The molecule has 3 aromatic rings. The van der Waals surface area contributed by atoms with Crippen molar-refractivity contribution >= 4 is 21.6 Å². The van der Waals surface area contributed by atoms with Gasteiger partial charge in [-0.15, -0.1) is 0 Å². The second-order valence-corrected chi connectivity index (χ2v) is 9.53. The Morgan fingerprint density at radius 3 is 2.25 bits per heavy atom. The van der Waals surface area contributed by atoms with Gasteiger partial charge >= 0.3 is 0 Å². The summed E-state index contributed by atoms with van der Waals surface area (Å²) < 4.78 is 33.1. The molecule has 7 heteroatoms. The van der Waals surface area contributed by atoms with Crippen molar-refractivity contribution in [2.75, 3.05) is 18.0 Å². The topological polar surface area (TPSA) is 75.7 Å². The molecule has 6 nitrogen and oxygen atoms in total. The molecule has 168 valence electrons. The molecule has 0 aliphatic rings. The number of hydrogen-bond donors (Lipinski definition) is 1. The van der Waals surface area contributed by atoms with E-state index in [-0.39, 0.29) is 17.5 Å². The number of amides is 1. The third-order valence-electron chi connectivity index (χ3n) is 5.25. The van der Waals surface area contributed by atoms with Crippen molar-refractivity contribution in [1.29, 1.82) is 0 Å². The molecule has 32 heavy (non-hydrogen) atoms. The normalized spacial score (nSPS) is 12.1. The maximum Gasteiger partial charge on any atom is 0.264 e. The molecule has 0 aliphatic heterocycles. The minimum atomic E-state index is -3.97. The highest BCUT2D eigenvalue weighted by Crippen LogP contribution is 2.25. The SMILES string of the molecule is COc1ccc(S(=O)(=O)N(CC(=O)N[C@H](C)c2ccc(C)cc2C)c2ccccc2)cc1. The van der Waals surface area contributed by atoms with E-state index in [1.165, 1.54) is 19.2 Å². The highest BCUT2D eigenvalue weighted by atomic mass is 32.2. The molecule has 0 spiro atoms. The monoisotopic (exact) mass is 452 g/mol. The van der Waals surface area contributed by atoms with E-state index in [0.29, 0.717) is 11.4 Å². The van der Waals surface area contributed by atoms with Gasteiger partial charge in [0.25, 0.3) is 10.0 Å². The molecule has 1 N–H and O–H groups in total. The van der Waals surface area contributed by atoms with Gasteiger partial charge in [0.15, 0.2) is 0 Å². The summed E-state index contributed by atoms with van der Waals surface area (Å²) in [6, 6.07) is 20.5. The molecule has 0 radical (unpaired) electrons. The van der Waals surface area contributed by atoms with Gasteiger partial charge < -0.3 is 10.1 Å². The second kappa shape index (κ2) is 9.87. The number of methoxy groups -OCH3 is 1. The van der Waals surface area contributed by atoms with E-state index in [9.17, 15) is 13.2 Å². The lowest BCUT2D eigenvalue weighted by atomic mass is 10.0. The van der Waals surface area contributed by atoms with Crippen molar-refractivity contribution in [3.05, 3.63) is 89.5 Å². The first kappa shape index (κ1) is 23.3. The lowest BCUT2D eigenvalue weighted by Crippen LogP contribution is -2.41. The highest BCUT2D eigenvalue weighted by Gasteiger charge is 2.27. The van der Waals surface area contributed by atoms with Gasteiger partial charge in [0, 0.05) is 0 Å². The van der Waals surface area contributed by atoms with Crippen molar-refractivity contribution in [2.45, 2.75) is 31.7 Å². The molecule has 0 aromatic heterocycles. The zero-order chi connectivity index (χ0) is 23.3. The number of benzene rings is 3. The Labute approximate surface area is 189 Å². The van der Waals surface area contributed by atoms with Crippen molar-refractivity contribution in [2.24, 2.45) is 0 Å². The van der Waals surface area contributed by atoms with Crippen molar-refractivity contribution in [3.63, 3.8) is 0 Å². The molecule has 0 saturated heterocycles. The van der Waals surface area contributed by atoms with Crippen LogP contribution in [0.3, 0.4) is 0 Å². The van der Waals surface area contributed by atoms with Gasteiger partial charge in [-0.2, -0.15) is 0 Å². The Bertz CT molecular complexity index is 1180. The maximum atomic E-state index is 13.4. The Morgan fingerprint density at radius 2 is 1.66 bits per heavy atom. The Balaban J connectivity index is 1.87. The number of rotatable bonds is 8. The third kappa shape index (κ3) is 5.29. The fraction of sp³-hybridized carbons (Fsp3) is 0.240. The van der Waals surface area contributed by atoms with Crippen LogP contribution in [0.5, 0.6) is 5.75 Å². The fourth-order valence-corrected chi connectivity index (χ4v) is 5.01. The van der Waals surface area contributed by atoms with Crippen LogP contribution in [0.15, 0.2) is 77.7 Å². The number of hydrogen-bond acceptors (Lipinski definition) is 4. The van der Waals surface area contributed by atoms with E-state index >= 15 is 0 Å². The third-order valence-corrected chi connectivity index (χ3v) is 7.04. The zero-order valence-electron chi connectivity index (χ0n) is 18.7. The molecule has 0 aliphatic carbocycles. The molecular weight excluding hydrogens is 424 g/mol. The van der Waals surface area contributed by atoms with E-state index in [1.54, 1.807) is 42.5 Å². The van der Waals surface area contributed by atoms with Crippen LogP contribution >= 0.6 is 0 Å². The first-order valence-corrected chi connectivity index (χ1v) is 11.7. The number of para-hydroxylation sites is 1. The maximum absolute atomic E-state index is 13.4. The molecule has 0 saturated carbocycles. The summed E-state index contributed by atoms with van der Waals surface area (Å²) in [6.07, 6.45) is 0. The van der Waals surface area contributed by atoms with Gasteiger partial charge in [0.05, 0.1) is 23.7 Å². The number of carbonyl (C=O) groups excluding carboxylic acids is 1. The van der Waals surface area contributed by atoms with Crippen LogP contribution in [0.25, 0.3) is 0 Å². The van der Waals surface area contributed by atoms with Crippen LogP contribution in [0.4, 0.5) is 5.69 Å². The number of sulfonamides is 1. The number of nitrogens with zero attached hydrogens (tertiary/aromatic N) is 1. The Kier molecular flexibility index (Phi) is 7.20. The van der Waals surface area contributed by atoms with E-state index in [4.69, 9.17) is 4.74 Å². The molecule has 0 heterocycles. The van der Waals surface area contributed by atoms with Crippen LogP contribution in [-0.4, -0.2) is 28.0 Å². The summed E-state index contributed by atoms with van der Waals surface area (Å²) in [5.74, 6) is 0.161. The van der Waals surface area contributed by atoms with Gasteiger partial charge in [0.1, 0.15) is 12.3 Å². The predicted octanol–water partition coefficient (Wildman–Crippen LogP) is 4.38. The number of nitrogens with one attached hydrogen (secondary N) is 1. The van der Waals surface area contributed by atoms with Crippen LogP contribution in [0, 0.1) is 13.8 Å². The molecule has 0 bridgehead atoms. The number of aryl methyl sites for hydroxylation is 2. The average Bonchev–Trinajstić information content (AvgIpc) is 2.77. The van der Waals surface area contributed by atoms with Crippen LogP contribution in [0.1, 0.15) is 29.7 Å². The van der Waals surface area contributed by atoms with Crippen molar-refractivity contribution < 1.29 is 17.9 Å². The highest BCUT2D eigenvalue weighted by molar-refractivity contribution is 7.92. The summed E-state index contributed by atoms with van der Waals surface area (Å²) in [5.41, 5.74) is 3.63. The molecule has 0 fully saturated rings. The van der Waals surface area contributed by atoms with E-state index in [1.807, 2.05) is 32.9 Å². The van der Waals surface area contributed by atoms with Gasteiger partial charge in [-0.25, -0.2) is 8.42 Å². The van der Waals surface area contributed by atoms with Crippen molar-refractivity contribution in [1.82, 2.24) is 5.32 Å².